The van der Waals surface area contributed by atoms with Gasteiger partial charge in [0.05, 0.1) is 0 Å². The number of aliphatic carboxylic acids is 1. The van der Waals surface area contributed by atoms with Gasteiger partial charge in [-0.3, -0.25) is 14.5 Å². The molecule has 108 valence electrons. The van der Waals surface area contributed by atoms with Gasteiger partial charge >= 0.3 is 5.97 Å². The number of amides is 1. The SMILES string of the molecule is Cc1ccc(N(CC(=O)O)C(=O)c2ccc(F)cc2)cc1. The zero-order chi connectivity index (χ0) is 15.4. The third-order valence-electron chi connectivity index (χ3n) is 2.98. The van der Waals surface area contributed by atoms with Crippen LogP contribution < -0.4 is 4.90 Å². The molecule has 0 aliphatic heterocycles. The number of halogens is 1. The fourth-order valence-corrected chi connectivity index (χ4v) is 1.89. The summed E-state index contributed by atoms with van der Waals surface area (Å²) in [4.78, 5) is 24.6. The molecule has 0 bridgehead atoms. The minimum absolute atomic E-state index is 0.234. The van der Waals surface area contributed by atoms with Crippen LogP contribution in [-0.2, 0) is 4.79 Å². The van der Waals surface area contributed by atoms with Gasteiger partial charge in [-0.25, -0.2) is 4.39 Å². The predicted octanol–water partition coefficient (Wildman–Crippen LogP) is 2.87. The maximum Gasteiger partial charge on any atom is 0.323 e. The summed E-state index contributed by atoms with van der Waals surface area (Å²) in [5.41, 5.74) is 1.72. The second-order valence-electron chi connectivity index (χ2n) is 4.63. The maximum absolute atomic E-state index is 12.9. The molecule has 2 rings (SSSR count). The molecule has 0 spiro atoms. The van der Waals surface area contributed by atoms with Gasteiger partial charge in [0.25, 0.3) is 5.91 Å². The van der Waals surface area contributed by atoms with E-state index in [1.54, 1.807) is 24.3 Å². The number of carboxylic acids is 1. The molecule has 0 aliphatic rings. The van der Waals surface area contributed by atoms with E-state index >= 15 is 0 Å². The lowest BCUT2D eigenvalue weighted by atomic mass is 10.1. The van der Waals surface area contributed by atoms with Gasteiger partial charge in [0.15, 0.2) is 0 Å². The highest BCUT2D eigenvalue weighted by Crippen LogP contribution is 2.18. The van der Waals surface area contributed by atoms with E-state index in [4.69, 9.17) is 5.11 Å². The summed E-state index contributed by atoms with van der Waals surface area (Å²) < 4.78 is 12.9. The smallest absolute Gasteiger partial charge is 0.323 e. The summed E-state index contributed by atoms with van der Waals surface area (Å²) in [6.07, 6.45) is 0. The number of hydrogen-bond donors (Lipinski definition) is 1. The van der Waals surface area contributed by atoms with E-state index in [2.05, 4.69) is 0 Å². The van der Waals surface area contributed by atoms with Crippen LogP contribution in [0.5, 0.6) is 0 Å². The van der Waals surface area contributed by atoms with Crippen molar-refractivity contribution < 1.29 is 19.1 Å². The molecule has 5 heteroatoms. The molecule has 0 aromatic heterocycles. The molecule has 2 aromatic carbocycles. The number of nitrogens with zero attached hydrogens (tertiary/aromatic N) is 1. The average Bonchev–Trinajstić information content (AvgIpc) is 2.46. The van der Waals surface area contributed by atoms with Gasteiger partial charge in [-0.1, -0.05) is 17.7 Å². The summed E-state index contributed by atoms with van der Waals surface area (Å²) in [6.45, 7) is 1.44. The molecule has 21 heavy (non-hydrogen) atoms. The second kappa shape index (κ2) is 6.17. The molecular weight excluding hydrogens is 273 g/mol. The fraction of sp³-hybridized carbons (Fsp3) is 0.125. The highest BCUT2D eigenvalue weighted by molar-refractivity contribution is 6.08. The van der Waals surface area contributed by atoms with Crippen molar-refractivity contribution in [3.63, 3.8) is 0 Å². The molecule has 4 nitrogen and oxygen atoms in total. The van der Waals surface area contributed by atoms with E-state index < -0.39 is 24.2 Å². The summed E-state index contributed by atoms with van der Waals surface area (Å²) >= 11 is 0. The Morgan fingerprint density at radius 1 is 1.05 bits per heavy atom. The van der Waals surface area contributed by atoms with Crippen LogP contribution in [0.3, 0.4) is 0 Å². The van der Waals surface area contributed by atoms with Crippen LogP contribution in [-0.4, -0.2) is 23.5 Å². The van der Waals surface area contributed by atoms with Crippen molar-refractivity contribution in [3.05, 3.63) is 65.5 Å². The van der Waals surface area contributed by atoms with Crippen LogP contribution in [0, 0.1) is 12.7 Å². The van der Waals surface area contributed by atoms with Crippen LogP contribution in [0.2, 0.25) is 0 Å². The summed E-state index contributed by atoms with van der Waals surface area (Å²) in [5, 5.41) is 8.99. The fourth-order valence-electron chi connectivity index (χ4n) is 1.89. The lowest BCUT2D eigenvalue weighted by molar-refractivity contribution is -0.135. The van der Waals surface area contributed by atoms with Gasteiger partial charge in [-0.15, -0.1) is 0 Å². The molecule has 0 aliphatic carbocycles. The molecule has 0 unspecified atom stereocenters. The monoisotopic (exact) mass is 287 g/mol. The number of hydrogen-bond acceptors (Lipinski definition) is 2. The number of benzene rings is 2. The van der Waals surface area contributed by atoms with E-state index in [0.29, 0.717) is 5.69 Å². The first-order valence-electron chi connectivity index (χ1n) is 6.33. The molecule has 2 aromatic rings. The Hall–Kier alpha value is -2.69. The Labute approximate surface area is 121 Å². The Kier molecular flexibility index (Phi) is 4.33. The predicted molar refractivity (Wildman–Crippen MR) is 76.9 cm³/mol. The number of carbonyl (C=O) groups excluding carboxylic acids is 1. The van der Waals surface area contributed by atoms with Crippen LogP contribution >= 0.6 is 0 Å². The minimum Gasteiger partial charge on any atom is -0.480 e. The van der Waals surface area contributed by atoms with Crippen molar-refractivity contribution in [2.75, 3.05) is 11.4 Å². The van der Waals surface area contributed by atoms with Crippen LogP contribution in [0.25, 0.3) is 0 Å². The van der Waals surface area contributed by atoms with Crippen molar-refractivity contribution in [1.82, 2.24) is 0 Å². The van der Waals surface area contributed by atoms with Crippen molar-refractivity contribution in [1.29, 1.82) is 0 Å². The Balaban J connectivity index is 2.35. The lowest BCUT2D eigenvalue weighted by Gasteiger charge is -2.21. The van der Waals surface area contributed by atoms with Crippen LogP contribution in [0.15, 0.2) is 48.5 Å². The molecular formula is C16H14FNO3. The maximum atomic E-state index is 12.9. The molecule has 0 heterocycles. The van der Waals surface area contributed by atoms with Gasteiger partial charge in [-0.05, 0) is 43.3 Å². The standard InChI is InChI=1S/C16H14FNO3/c1-11-2-8-14(9-3-11)18(10-15(19)20)16(21)12-4-6-13(17)7-5-12/h2-9H,10H2,1H3,(H,19,20). The highest BCUT2D eigenvalue weighted by Gasteiger charge is 2.20. The Morgan fingerprint density at radius 2 is 1.62 bits per heavy atom. The number of anilines is 1. The molecule has 1 N–H and O–H groups in total. The van der Waals surface area contributed by atoms with E-state index in [0.717, 1.165) is 10.5 Å². The van der Waals surface area contributed by atoms with Gasteiger partial charge in [0.1, 0.15) is 12.4 Å². The van der Waals surface area contributed by atoms with Gasteiger partial charge in [0, 0.05) is 11.3 Å². The molecule has 0 saturated carbocycles. The third-order valence-corrected chi connectivity index (χ3v) is 2.98. The summed E-state index contributed by atoms with van der Waals surface area (Å²) in [7, 11) is 0. The zero-order valence-electron chi connectivity index (χ0n) is 11.4. The third kappa shape index (κ3) is 3.66. The first-order valence-corrected chi connectivity index (χ1v) is 6.33. The average molecular weight is 287 g/mol. The summed E-state index contributed by atoms with van der Waals surface area (Å²) in [6, 6.07) is 12.0. The lowest BCUT2D eigenvalue weighted by Crippen LogP contribution is -2.35. The first kappa shape index (κ1) is 14.7. The second-order valence-corrected chi connectivity index (χ2v) is 4.63. The zero-order valence-corrected chi connectivity index (χ0v) is 11.4. The van der Waals surface area contributed by atoms with E-state index in [1.807, 2.05) is 6.92 Å². The van der Waals surface area contributed by atoms with Crippen molar-refractivity contribution in [2.24, 2.45) is 0 Å². The quantitative estimate of drug-likeness (QED) is 0.940. The van der Waals surface area contributed by atoms with E-state index in [-0.39, 0.29) is 5.56 Å². The Bertz CT molecular complexity index is 650. The van der Waals surface area contributed by atoms with Crippen molar-refractivity contribution in [3.8, 4) is 0 Å². The largest absolute Gasteiger partial charge is 0.480 e. The minimum atomic E-state index is -1.12. The van der Waals surface area contributed by atoms with Crippen LogP contribution in [0.1, 0.15) is 15.9 Å². The van der Waals surface area contributed by atoms with E-state index in [9.17, 15) is 14.0 Å². The summed E-state index contributed by atoms with van der Waals surface area (Å²) in [5.74, 6) is -2.06. The van der Waals surface area contributed by atoms with E-state index in [1.165, 1.54) is 24.3 Å². The number of aryl methyl sites for hydroxylation is 1. The topological polar surface area (TPSA) is 57.6 Å². The molecule has 0 saturated heterocycles. The normalized spacial score (nSPS) is 10.2. The molecule has 0 fully saturated rings. The van der Waals surface area contributed by atoms with Crippen molar-refractivity contribution >= 4 is 17.6 Å². The Morgan fingerprint density at radius 3 is 2.14 bits per heavy atom. The van der Waals surface area contributed by atoms with Gasteiger partial charge in [-0.2, -0.15) is 0 Å². The van der Waals surface area contributed by atoms with Crippen LogP contribution in [0.4, 0.5) is 10.1 Å². The first-order chi connectivity index (χ1) is 9.97. The number of carbonyl (C=O) groups is 2. The highest BCUT2D eigenvalue weighted by atomic mass is 19.1. The molecule has 0 radical (unpaired) electrons. The molecule has 0 atom stereocenters. The number of carboxylic acid groups (broad SMARTS) is 1. The van der Waals surface area contributed by atoms with Crippen molar-refractivity contribution in [2.45, 2.75) is 6.92 Å². The molecule has 1 amide bonds. The van der Waals surface area contributed by atoms with Gasteiger partial charge in [0.2, 0.25) is 0 Å². The number of rotatable bonds is 4. The van der Waals surface area contributed by atoms with Gasteiger partial charge < -0.3 is 5.11 Å².